The number of aryl methyl sites for hydroxylation is 1. The van der Waals surface area contributed by atoms with Crippen LogP contribution in [0.15, 0.2) is 62.6 Å². The summed E-state index contributed by atoms with van der Waals surface area (Å²) >= 11 is 0. The second kappa shape index (κ2) is 5.38. The number of hydrogen-bond acceptors (Lipinski definition) is 5. The third kappa shape index (κ3) is 2.78. The van der Waals surface area contributed by atoms with E-state index in [0.29, 0.717) is 11.1 Å². The van der Waals surface area contributed by atoms with Gasteiger partial charge in [0.25, 0.3) is 0 Å². The second-order valence-corrected chi connectivity index (χ2v) is 6.98. The molecule has 0 saturated carbocycles. The highest BCUT2D eigenvalue weighted by atomic mass is 32.2. The normalized spacial score (nSPS) is 11.7. The minimum Gasteiger partial charge on any atom is -0.420 e. The molecule has 6 heteroatoms. The molecule has 0 N–H and O–H groups in total. The van der Waals surface area contributed by atoms with Gasteiger partial charge in [0, 0.05) is 0 Å². The maximum absolute atomic E-state index is 12.4. The van der Waals surface area contributed by atoms with Crippen molar-refractivity contribution >= 4 is 20.9 Å². The lowest BCUT2D eigenvalue weighted by molar-refractivity contribution is 0.542. The van der Waals surface area contributed by atoms with Gasteiger partial charge in [0.2, 0.25) is 0 Å². The van der Waals surface area contributed by atoms with Gasteiger partial charge < -0.3 is 4.42 Å². The molecule has 0 amide bonds. The summed E-state index contributed by atoms with van der Waals surface area (Å²) in [7, 11) is -3.64. The van der Waals surface area contributed by atoms with Gasteiger partial charge in [-0.1, -0.05) is 29.8 Å². The van der Waals surface area contributed by atoms with Crippen molar-refractivity contribution in [2.45, 2.75) is 17.6 Å². The number of fused-ring (bicyclic) bond motifs is 1. The monoisotopic (exact) mass is 315 g/mol. The first kappa shape index (κ1) is 14.5. The largest absolute Gasteiger partial charge is 0.420 e. The highest BCUT2D eigenvalue weighted by Crippen LogP contribution is 2.16. The molecule has 0 fully saturated rings. The van der Waals surface area contributed by atoms with Gasteiger partial charge in [-0.25, -0.2) is 18.2 Å². The number of aromatic nitrogens is 1. The first-order valence-electron chi connectivity index (χ1n) is 6.64. The molecule has 1 aromatic heterocycles. The lowest BCUT2D eigenvalue weighted by Gasteiger charge is -2.04. The van der Waals surface area contributed by atoms with E-state index in [4.69, 9.17) is 4.42 Å². The summed E-state index contributed by atoms with van der Waals surface area (Å²) in [6.07, 6.45) is 0. The molecule has 0 atom stereocenters. The van der Waals surface area contributed by atoms with Crippen molar-refractivity contribution in [3.63, 3.8) is 0 Å². The van der Waals surface area contributed by atoms with Crippen LogP contribution < -0.4 is 5.63 Å². The van der Waals surface area contributed by atoms with Crippen molar-refractivity contribution < 1.29 is 12.8 Å². The van der Waals surface area contributed by atoms with E-state index >= 15 is 0 Å². The quantitative estimate of drug-likeness (QED) is 0.742. The van der Waals surface area contributed by atoms with Crippen LogP contribution in [0.1, 0.15) is 11.3 Å². The zero-order chi connectivity index (χ0) is 15.7. The Bertz CT molecular complexity index is 989. The first-order chi connectivity index (χ1) is 10.5. The molecular weight excluding hydrogens is 302 g/mol. The van der Waals surface area contributed by atoms with Crippen molar-refractivity contribution in [1.29, 1.82) is 0 Å². The topological polar surface area (TPSA) is 77.2 Å². The van der Waals surface area contributed by atoms with Crippen molar-refractivity contribution in [1.82, 2.24) is 4.98 Å². The predicted molar refractivity (Wildman–Crippen MR) is 82.3 cm³/mol. The van der Waals surface area contributed by atoms with Gasteiger partial charge in [-0.2, -0.15) is 0 Å². The summed E-state index contributed by atoms with van der Waals surface area (Å²) in [5, 5.41) is 0. The lowest BCUT2D eigenvalue weighted by atomic mass is 10.2. The Morgan fingerprint density at radius 1 is 1.05 bits per heavy atom. The van der Waals surface area contributed by atoms with Gasteiger partial charge in [-0.05, 0) is 31.2 Å². The summed E-state index contributed by atoms with van der Waals surface area (Å²) in [6.45, 7) is 1.87. The molecule has 5 nitrogen and oxygen atoms in total. The number of hydrogen-bond donors (Lipinski definition) is 0. The van der Waals surface area contributed by atoms with Gasteiger partial charge in [0.05, 0.1) is 4.90 Å². The third-order valence-corrected chi connectivity index (χ3v) is 4.91. The lowest BCUT2D eigenvalue weighted by Crippen LogP contribution is -2.16. The molecule has 0 unspecified atom stereocenters. The summed E-state index contributed by atoms with van der Waals surface area (Å²) in [5.41, 5.74) is 0.913. The van der Waals surface area contributed by atoms with Crippen LogP contribution in [0, 0.1) is 6.92 Å². The van der Waals surface area contributed by atoms with E-state index in [1.54, 1.807) is 36.4 Å². The van der Waals surface area contributed by atoms with Crippen molar-refractivity contribution in [2.75, 3.05) is 0 Å². The Morgan fingerprint density at radius 3 is 2.45 bits per heavy atom. The second-order valence-electron chi connectivity index (χ2n) is 4.99. The molecular formula is C16H13NO4S. The zero-order valence-corrected chi connectivity index (χ0v) is 12.6. The van der Waals surface area contributed by atoms with Crippen LogP contribution in [-0.2, 0) is 15.6 Å². The van der Waals surface area contributed by atoms with E-state index in [1.807, 2.05) is 6.92 Å². The number of para-hydroxylation sites is 2. The standard InChI is InChI=1S/C16H13NO4S/c1-11-6-8-12(9-7-11)22(19,20)10-14-16(18)21-15-5-3-2-4-13(15)17-14/h2-9H,10H2,1H3. The van der Waals surface area contributed by atoms with Crippen molar-refractivity contribution in [2.24, 2.45) is 0 Å². The molecule has 3 aromatic rings. The van der Waals surface area contributed by atoms with Gasteiger partial charge in [0.1, 0.15) is 17.0 Å². The molecule has 1 heterocycles. The van der Waals surface area contributed by atoms with Gasteiger partial charge >= 0.3 is 5.63 Å². The first-order valence-corrected chi connectivity index (χ1v) is 8.29. The number of benzene rings is 2. The van der Waals surface area contributed by atoms with E-state index in [1.165, 1.54) is 12.1 Å². The van der Waals surface area contributed by atoms with Gasteiger partial charge in [0.15, 0.2) is 15.4 Å². The molecule has 2 aromatic carbocycles. The maximum Gasteiger partial charge on any atom is 0.359 e. The van der Waals surface area contributed by atoms with Crippen LogP contribution in [0.4, 0.5) is 0 Å². The van der Waals surface area contributed by atoms with E-state index < -0.39 is 21.2 Å². The molecule has 3 rings (SSSR count). The SMILES string of the molecule is Cc1ccc(S(=O)(=O)Cc2nc3ccccc3oc2=O)cc1. The third-order valence-electron chi connectivity index (χ3n) is 3.27. The molecule has 0 aliphatic rings. The summed E-state index contributed by atoms with van der Waals surface area (Å²) in [4.78, 5) is 16.2. The van der Waals surface area contributed by atoms with Crippen LogP contribution in [0.25, 0.3) is 11.1 Å². The summed E-state index contributed by atoms with van der Waals surface area (Å²) in [5.74, 6) is -0.483. The number of sulfone groups is 1. The zero-order valence-electron chi connectivity index (χ0n) is 11.8. The number of rotatable bonds is 3. The maximum atomic E-state index is 12.4. The highest BCUT2D eigenvalue weighted by Gasteiger charge is 2.19. The van der Waals surface area contributed by atoms with E-state index in [2.05, 4.69) is 4.98 Å². The fraction of sp³-hybridized carbons (Fsp3) is 0.125. The summed E-state index contributed by atoms with van der Waals surface area (Å²) in [6, 6.07) is 13.2. The van der Waals surface area contributed by atoms with Crippen molar-refractivity contribution in [3.05, 3.63) is 70.2 Å². The Hall–Kier alpha value is -2.47. The van der Waals surface area contributed by atoms with E-state index in [0.717, 1.165) is 5.56 Å². The Balaban J connectivity index is 2.03. The smallest absolute Gasteiger partial charge is 0.359 e. The average Bonchev–Trinajstić information content (AvgIpc) is 2.48. The van der Waals surface area contributed by atoms with Crippen LogP contribution in [0.3, 0.4) is 0 Å². The fourth-order valence-corrected chi connectivity index (χ4v) is 3.35. The molecule has 0 saturated heterocycles. The minimum absolute atomic E-state index is 0.112. The molecule has 0 aliphatic carbocycles. The van der Waals surface area contributed by atoms with Crippen molar-refractivity contribution in [3.8, 4) is 0 Å². The average molecular weight is 315 g/mol. The van der Waals surface area contributed by atoms with Crippen LogP contribution in [-0.4, -0.2) is 13.4 Å². The number of nitrogens with zero attached hydrogens (tertiary/aromatic N) is 1. The van der Waals surface area contributed by atoms with Crippen LogP contribution in [0.2, 0.25) is 0 Å². The molecule has 0 bridgehead atoms. The molecule has 112 valence electrons. The van der Waals surface area contributed by atoms with Gasteiger partial charge in [-0.3, -0.25) is 0 Å². The Kier molecular flexibility index (Phi) is 3.54. The van der Waals surface area contributed by atoms with E-state index in [9.17, 15) is 13.2 Å². The molecule has 22 heavy (non-hydrogen) atoms. The molecule has 0 aliphatic heterocycles. The van der Waals surface area contributed by atoms with E-state index in [-0.39, 0.29) is 10.6 Å². The van der Waals surface area contributed by atoms with Crippen LogP contribution >= 0.6 is 0 Å². The minimum atomic E-state index is -3.64. The Morgan fingerprint density at radius 2 is 1.73 bits per heavy atom. The highest BCUT2D eigenvalue weighted by molar-refractivity contribution is 7.90. The van der Waals surface area contributed by atoms with Gasteiger partial charge in [-0.15, -0.1) is 0 Å². The Labute approximate surface area is 127 Å². The predicted octanol–water partition coefficient (Wildman–Crippen LogP) is 2.47. The van der Waals surface area contributed by atoms with Crippen LogP contribution in [0.5, 0.6) is 0 Å². The molecule has 0 radical (unpaired) electrons. The molecule has 0 spiro atoms. The fourth-order valence-electron chi connectivity index (χ4n) is 2.09. The summed E-state index contributed by atoms with van der Waals surface area (Å²) < 4.78 is 29.9.